The van der Waals surface area contributed by atoms with Crippen LogP contribution in [0.1, 0.15) is 12.5 Å². The van der Waals surface area contributed by atoms with Gasteiger partial charge < -0.3 is 15.0 Å². The Kier molecular flexibility index (Phi) is 5.79. The second kappa shape index (κ2) is 7.60. The van der Waals surface area contributed by atoms with Crippen molar-refractivity contribution in [2.75, 3.05) is 31.2 Å². The first kappa shape index (κ1) is 16.8. The predicted octanol–water partition coefficient (Wildman–Crippen LogP) is 1.03. The molecule has 0 spiro atoms. The molecule has 2 amide bonds. The van der Waals surface area contributed by atoms with Gasteiger partial charge in [-0.3, -0.25) is 0 Å². The molecule has 1 aliphatic heterocycles. The molecule has 1 N–H and O–H groups in total. The summed E-state index contributed by atoms with van der Waals surface area (Å²) < 4.78 is 28.5. The van der Waals surface area contributed by atoms with Gasteiger partial charge in [0.2, 0.25) is 0 Å². The van der Waals surface area contributed by atoms with Crippen molar-refractivity contribution in [1.82, 2.24) is 10.2 Å². The molecule has 0 bridgehead atoms. The fraction of sp³-hybridized carbons (Fsp3) is 0.533. The van der Waals surface area contributed by atoms with Gasteiger partial charge in [0.15, 0.2) is 9.84 Å². The molecule has 0 unspecified atom stereocenters. The molecule has 122 valence electrons. The van der Waals surface area contributed by atoms with Crippen molar-refractivity contribution < 1.29 is 17.9 Å². The van der Waals surface area contributed by atoms with Gasteiger partial charge >= 0.3 is 6.03 Å². The van der Waals surface area contributed by atoms with E-state index in [4.69, 9.17) is 4.74 Å². The first-order valence-electron chi connectivity index (χ1n) is 7.34. The number of urea groups is 1. The molecule has 6 nitrogen and oxygen atoms in total. The molecule has 1 atom stereocenters. The van der Waals surface area contributed by atoms with Crippen LogP contribution in [0, 0.1) is 0 Å². The standard InChI is InChI=1S/C15H22N2O4S/c1-13-12-22(19,20)10-8-17(13)15(18)16-7-9-21-11-14-5-3-2-4-6-14/h2-6,13H,7-12H2,1H3,(H,16,18)/t13-/m0/s1. The second-order valence-corrected chi connectivity index (χ2v) is 7.66. The highest BCUT2D eigenvalue weighted by Crippen LogP contribution is 2.11. The Hall–Kier alpha value is -1.60. The van der Waals surface area contributed by atoms with E-state index in [1.807, 2.05) is 30.3 Å². The van der Waals surface area contributed by atoms with Gasteiger partial charge in [-0.25, -0.2) is 13.2 Å². The van der Waals surface area contributed by atoms with Crippen LogP contribution in [-0.4, -0.2) is 56.6 Å². The van der Waals surface area contributed by atoms with Crippen molar-refractivity contribution in [3.05, 3.63) is 35.9 Å². The molecule has 0 aromatic heterocycles. The van der Waals surface area contributed by atoms with Crippen LogP contribution in [0.15, 0.2) is 30.3 Å². The van der Waals surface area contributed by atoms with Crippen LogP contribution in [-0.2, 0) is 21.2 Å². The maximum atomic E-state index is 12.0. The zero-order valence-electron chi connectivity index (χ0n) is 12.7. The smallest absolute Gasteiger partial charge is 0.317 e. The lowest BCUT2D eigenvalue weighted by molar-refractivity contribution is 0.120. The monoisotopic (exact) mass is 326 g/mol. The summed E-state index contributed by atoms with van der Waals surface area (Å²) in [6.07, 6.45) is 0. The van der Waals surface area contributed by atoms with E-state index in [-0.39, 0.29) is 30.1 Å². The lowest BCUT2D eigenvalue weighted by atomic mass is 10.2. The average Bonchev–Trinajstić information content (AvgIpc) is 2.47. The molecule has 7 heteroatoms. The third-order valence-corrected chi connectivity index (χ3v) is 5.36. The van der Waals surface area contributed by atoms with Crippen molar-refractivity contribution in [1.29, 1.82) is 0 Å². The largest absolute Gasteiger partial charge is 0.375 e. The fourth-order valence-electron chi connectivity index (χ4n) is 2.40. The van der Waals surface area contributed by atoms with Crippen molar-refractivity contribution in [2.24, 2.45) is 0 Å². The van der Waals surface area contributed by atoms with Crippen molar-refractivity contribution in [3.63, 3.8) is 0 Å². The zero-order chi connectivity index (χ0) is 16.0. The van der Waals surface area contributed by atoms with Crippen LogP contribution in [0.2, 0.25) is 0 Å². The normalized spacial score (nSPS) is 20.6. The van der Waals surface area contributed by atoms with E-state index < -0.39 is 9.84 Å². The third-order valence-electron chi connectivity index (χ3n) is 3.57. The number of hydrogen-bond donors (Lipinski definition) is 1. The van der Waals surface area contributed by atoms with Crippen LogP contribution in [0.5, 0.6) is 0 Å². The topological polar surface area (TPSA) is 75.7 Å². The van der Waals surface area contributed by atoms with Crippen LogP contribution >= 0.6 is 0 Å². The molecule has 1 aromatic rings. The Bertz CT molecular complexity index is 589. The van der Waals surface area contributed by atoms with E-state index in [2.05, 4.69) is 5.32 Å². The summed E-state index contributed by atoms with van der Waals surface area (Å²) in [5.41, 5.74) is 1.09. The van der Waals surface area contributed by atoms with E-state index in [0.29, 0.717) is 19.8 Å². The summed E-state index contributed by atoms with van der Waals surface area (Å²) in [6, 6.07) is 9.29. The first-order valence-corrected chi connectivity index (χ1v) is 9.16. The maximum Gasteiger partial charge on any atom is 0.317 e. The number of hydrogen-bond acceptors (Lipinski definition) is 4. The molecule has 2 rings (SSSR count). The number of ether oxygens (including phenoxy) is 1. The molecule has 1 saturated heterocycles. The Labute approximate surface area is 131 Å². The van der Waals surface area contributed by atoms with Gasteiger partial charge in [0.1, 0.15) is 0 Å². The van der Waals surface area contributed by atoms with Crippen LogP contribution in [0.4, 0.5) is 4.79 Å². The lowest BCUT2D eigenvalue weighted by Crippen LogP contribution is -2.53. The summed E-state index contributed by atoms with van der Waals surface area (Å²) in [4.78, 5) is 13.6. The molecule has 0 aliphatic carbocycles. The molecule has 1 aromatic carbocycles. The van der Waals surface area contributed by atoms with E-state index in [0.717, 1.165) is 5.56 Å². The van der Waals surface area contributed by atoms with E-state index in [1.54, 1.807) is 11.8 Å². The predicted molar refractivity (Wildman–Crippen MR) is 84.3 cm³/mol. The highest BCUT2D eigenvalue weighted by Gasteiger charge is 2.30. The molecular weight excluding hydrogens is 304 g/mol. The third kappa shape index (κ3) is 4.99. The number of carbonyl (C=O) groups excluding carboxylic acids is 1. The maximum absolute atomic E-state index is 12.0. The van der Waals surface area contributed by atoms with E-state index in [9.17, 15) is 13.2 Å². The van der Waals surface area contributed by atoms with Gasteiger partial charge in [-0.15, -0.1) is 0 Å². The number of nitrogens with zero attached hydrogens (tertiary/aromatic N) is 1. The molecule has 0 saturated carbocycles. The minimum Gasteiger partial charge on any atom is -0.375 e. The van der Waals surface area contributed by atoms with E-state index >= 15 is 0 Å². The number of nitrogens with one attached hydrogen (secondary N) is 1. The quantitative estimate of drug-likeness (QED) is 0.820. The van der Waals surface area contributed by atoms with Crippen molar-refractivity contribution in [2.45, 2.75) is 19.6 Å². The highest BCUT2D eigenvalue weighted by atomic mass is 32.2. The molecule has 1 fully saturated rings. The van der Waals surface area contributed by atoms with Gasteiger partial charge in [-0.1, -0.05) is 30.3 Å². The number of carbonyl (C=O) groups is 1. The van der Waals surface area contributed by atoms with Crippen LogP contribution in [0.3, 0.4) is 0 Å². The van der Waals surface area contributed by atoms with Gasteiger partial charge in [-0.2, -0.15) is 0 Å². The fourth-order valence-corrected chi connectivity index (χ4v) is 3.95. The minimum absolute atomic E-state index is 0.0327. The van der Waals surface area contributed by atoms with Gasteiger partial charge in [0.05, 0.1) is 24.7 Å². The summed E-state index contributed by atoms with van der Waals surface area (Å²) in [5.74, 6) is 0.0696. The average molecular weight is 326 g/mol. The highest BCUT2D eigenvalue weighted by molar-refractivity contribution is 7.91. The molecular formula is C15H22N2O4S. The van der Waals surface area contributed by atoms with Crippen LogP contribution < -0.4 is 5.32 Å². The SMILES string of the molecule is C[C@H]1CS(=O)(=O)CCN1C(=O)NCCOCc1ccccc1. The van der Waals surface area contributed by atoms with Crippen LogP contribution in [0.25, 0.3) is 0 Å². The van der Waals surface area contributed by atoms with Crippen molar-refractivity contribution in [3.8, 4) is 0 Å². The van der Waals surface area contributed by atoms with E-state index in [1.165, 1.54) is 0 Å². The number of sulfone groups is 1. The number of rotatable bonds is 5. The zero-order valence-corrected chi connectivity index (χ0v) is 13.5. The Balaban J connectivity index is 1.66. The molecule has 22 heavy (non-hydrogen) atoms. The molecule has 0 radical (unpaired) electrons. The summed E-state index contributed by atoms with van der Waals surface area (Å²) in [5, 5.41) is 2.76. The summed E-state index contributed by atoms with van der Waals surface area (Å²) in [6.45, 7) is 3.33. The second-order valence-electron chi connectivity index (χ2n) is 5.43. The minimum atomic E-state index is -3.00. The lowest BCUT2D eigenvalue weighted by Gasteiger charge is -2.33. The number of amides is 2. The van der Waals surface area contributed by atoms with Crippen molar-refractivity contribution >= 4 is 15.9 Å². The number of benzene rings is 1. The first-order chi connectivity index (χ1) is 10.5. The Morgan fingerprint density at radius 3 is 2.77 bits per heavy atom. The Morgan fingerprint density at radius 1 is 1.36 bits per heavy atom. The van der Waals surface area contributed by atoms with Gasteiger partial charge in [-0.05, 0) is 12.5 Å². The summed E-state index contributed by atoms with van der Waals surface area (Å²) in [7, 11) is -3.00. The summed E-state index contributed by atoms with van der Waals surface area (Å²) >= 11 is 0. The van der Waals surface area contributed by atoms with Gasteiger partial charge in [0, 0.05) is 19.1 Å². The Morgan fingerprint density at radius 2 is 2.09 bits per heavy atom. The van der Waals surface area contributed by atoms with Gasteiger partial charge in [0.25, 0.3) is 0 Å². The molecule has 1 aliphatic rings. The molecule has 1 heterocycles.